The van der Waals surface area contributed by atoms with Crippen LogP contribution in [0, 0.1) is 3.57 Å². The van der Waals surface area contributed by atoms with E-state index in [1.54, 1.807) is 13.0 Å². The summed E-state index contributed by atoms with van der Waals surface area (Å²) in [5.74, 6) is 0.406. The number of rotatable bonds is 10. The van der Waals surface area contributed by atoms with E-state index in [-0.39, 0.29) is 18.0 Å². The van der Waals surface area contributed by atoms with Gasteiger partial charge in [-0.1, -0.05) is 30.8 Å². The van der Waals surface area contributed by atoms with Gasteiger partial charge in [0.25, 0.3) is 5.91 Å². The van der Waals surface area contributed by atoms with Crippen molar-refractivity contribution in [2.45, 2.75) is 32.7 Å². The molecular weight excluding hydrogens is 555 g/mol. The Labute approximate surface area is 211 Å². The quantitative estimate of drug-likeness (QED) is 0.237. The van der Waals surface area contributed by atoms with E-state index in [9.17, 15) is 9.59 Å². The normalized spacial score (nSPS) is 16.4. The van der Waals surface area contributed by atoms with E-state index in [1.807, 2.05) is 31.2 Å². The van der Waals surface area contributed by atoms with Gasteiger partial charge in [0, 0.05) is 5.69 Å². The van der Waals surface area contributed by atoms with Crippen LogP contribution in [-0.2, 0) is 20.7 Å². The van der Waals surface area contributed by atoms with Crippen molar-refractivity contribution in [3.8, 4) is 11.5 Å². The number of anilines is 1. The topological polar surface area (TPSA) is 85.9 Å². The summed E-state index contributed by atoms with van der Waals surface area (Å²) in [4.78, 5) is 24.8. The van der Waals surface area contributed by atoms with Crippen LogP contribution >= 0.6 is 34.4 Å². The third-order valence-electron chi connectivity index (χ3n) is 4.66. The zero-order valence-corrected chi connectivity index (χ0v) is 21.7. The molecule has 7 nitrogen and oxygen atoms in total. The first-order valence-electron chi connectivity index (χ1n) is 10.7. The Bertz CT molecular complexity index is 1030. The highest BCUT2D eigenvalue weighted by Crippen LogP contribution is 2.37. The number of benzene rings is 2. The first kappa shape index (κ1) is 25.2. The van der Waals surface area contributed by atoms with E-state index < -0.39 is 5.97 Å². The zero-order chi connectivity index (χ0) is 23.8. The van der Waals surface area contributed by atoms with Gasteiger partial charge in [-0.05, 0) is 84.3 Å². The molecule has 0 saturated carbocycles. The number of nitrogens with one attached hydrogen (secondary N) is 2. The van der Waals surface area contributed by atoms with Crippen LogP contribution in [0.15, 0.2) is 41.3 Å². The van der Waals surface area contributed by atoms with Crippen molar-refractivity contribution in [2.75, 3.05) is 25.1 Å². The standard InChI is InChI=1S/C24H27IN2O5S/c1-4-15-7-9-17(10-8-15)26-24-27-23(29)20(33-24)13-16-11-18(25)22(19(12-16)30-5-2)32-14-21(28)31-6-3/h7-13,24,26H,4-6,14H2,1-3H3,(H,27,29)/b20-13-/t24-/m1/s1. The lowest BCUT2D eigenvalue weighted by Gasteiger charge is -2.14. The largest absolute Gasteiger partial charge is 0.490 e. The molecule has 0 radical (unpaired) electrons. The molecule has 0 aliphatic carbocycles. The van der Waals surface area contributed by atoms with Crippen molar-refractivity contribution in [3.05, 3.63) is 56.0 Å². The fourth-order valence-corrected chi connectivity index (χ4v) is 4.88. The summed E-state index contributed by atoms with van der Waals surface area (Å²) in [6, 6.07) is 11.9. The Kier molecular flexibility index (Phi) is 9.30. The second kappa shape index (κ2) is 12.2. The molecule has 9 heteroatoms. The molecule has 0 spiro atoms. The van der Waals surface area contributed by atoms with Gasteiger partial charge >= 0.3 is 5.97 Å². The lowest BCUT2D eigenvalue weighted by molar-refractivity contribution is -0.145. The maximum atomic E-state index is 12.5. The van der Waals surface area contributed by atoms with Crippen molar-refractivity contribution >= 4 is 58.0 Å². The molecule has 1 amide bonds. The number of amides is 1. The number of esters is 1. The molecule has 3 rings (SSSR count). The summed E-state index contributed by atoms with van der Waals surface area (Å²) >= 11 is 3.55. The Hall–Kier alpha value is -2.40. The average molecular weight is 582 g/mol. The highest BCUT2D eigenvalue weighted by atomic mass is 127. The first-order chi connectivity index (χ1) is 15.9. The molecule has 2 aromatic carbocycles. The lowest BCUT2D eigenvalue weighted by Crippen LogP contribution is -2.30. The summed E-state index contributed by atoms with van der Waals surface area (Å²) in [6.45, 7) is 6.26. The maximum absolute atomic E-state index is 12.5. The van der Waals surface area contributed by atoms with E-state index >= 15 is 0 Å². The number of carbonyl (C=O) groups is 2. The molecule has 1 heterocycles. The molecule has 1 saturated heterocycles. The minimum atomic E-state index is -0.441. The molecule has 176 valence electrons. The van der Waals surface area contributed by atoms with E-state index in [2.05, 4.69) is 52.3 Å². The van der Waals surface area contributed by atoms with Crippen LogP contribution in [0.1, 0.15) is 31.9 Å². The fraction of sp³-hybridized carbons (Fsp3) is 0.333. The van der Waals surface area contributed by atoms with Crippen LogP contribution in [0.4, 0.5) is 5.69 Å². The summed E-state index contributed by atoms with van der Waals surface area (Å²) in [6.07, 6.45) is 2.80. The summed E-state index contributed by atoms with van der Waals surface area (Å²) < 4.78 is 17.1. The third kappa shape index (κ3) is 7.04. The number of carbonyl (C=O) groups excluding carboxylic acids is 2. The van der Waals surface area contributed by atoms with Crippen molar-refractivity contribution in [1.29, 1.82) is 0 Å². The number of ether oxygens (including phenoxy) is 3. The fourth-order valence-electron chi connectivity index (χ4n) is 3.11. The Morgan fingerprint density at radius 1 is 1.15 bits per heavy atom. The summed E-state index contributed by atoms with van der Waals surface area (Å²) in [5, 5.41) is 6.28. The van der Waals surface area contributed by atoms with E-state index in [1.165, 1.54) is 17.3 Å². The number of thioether (sulfide) groups is 1. The van der Waals surface area contributed by atoms with E-state index in [0.717, 1.165) is 21.2 Å². The van der Waals surface area contributed by atoms with Gasteiger partial charge in [0.15, 0.2) is 23.6 Å². The predicted octanol–water partition coefficient (Wildman–Crippen LogP) is 4.79. The van der Waals surface area contributed by atoms with Gasteiger partial charge in [0.1, 0.15) is 0 Å². The van der Waals surface area contributed by atoms with Crippen LogP contribution in [0.3, 0.4) is 0 Å². The second-order valence-corrected chi connectivity index (χ2v) is 9.34. The van der Waals surface area contributed by atoms with E-state index in [4.69, 9.17) is 14.2 Å². The number of aryl methyl sites for hydroxylation is 1. The Morgan fingerprint density at radius 2 is 1.91 bits per heavy atom. The Morgan fingerprint density at radius 3 is 2.58 bits per heavy atom. The minimum Gasteiger partial charge on any atom is -0.490 e. The van der Waals surface area contributed by atoms with Crippen LogP contribution in [0.25, 0.3) is 6.08 Å². The van der Waals surface area contributed by atoms with Crippen LogP contribution < -0.4 is 20.1 Å². The zero-order valence-electron chi connectivity index (χ0n) is 18.8. The molecule has 1 aliphatic heterocycles. The van der Waals surface area contributed by atoms with Crippen LogP contribution in [0.5, 0.6) is 11.5 Å². The van der Waals surface area contributed by atoms with Gasteiger partial charge in [-0.15, -0.1) is 0 Å². The molecule has 33 heavy (non-hydrogen) atoms. The van der Waals surface area contributed by atoms with Crippen LogP contribution in [0.2, 0.25) is 0 Å². The number of halogens is 1. The molecule has 0 bridgehead atoms. The molecular formula is C24H27IN2O5S. The number of hydrogen-bond acceptors (Lipinski definition) is 7. The van der Waals surface area contributed by atoms with Gasteiger partial charge in [0.05, 0.1) is 21.7 Å². The molecule has 0 unspecified atom stereocenters. The van der Waals surface area contributed by atoms with Crippen molar-refractivity contribution in [3.63, 3.8) is 0 Å². The van der Waals surface area contributed by atoms with Crippen molar-refractivity contribution in [1.82, 2.24) is 5.32 Å². The Balaban J connectivity index is 1.74. The molecule has 1 atom stereocenters. The monoisotopic (exact) mass is 582 g/mol. The highest BCUT2D eigenvalue weighted by molar-refractivity contribution is 14.1. The van der Waals surface area contributed by atoms with Gasteiger partial charge in [0.2, 0.25) is 0 Å². The minimum absolute atomic E-state index is 0.140. The molecule has 0 aromatic heterocycles. The third-order valence-corrected chi connectivity index (χ3v) is 6.49. The second-order valence-electron chi connectivity index (χ2n) is 7.03. The molecule has 1 aliphatic rings. The van der Waals surface area contributed by atoms with Gasteiger partial charge in [-0.3, -0.25) is 4.79 Å². The molecule has 2 N–H and O–H groups in total. The maximum Gasteiger partial charge on any atom is 0.344 e. The number of hydrogen-bond donors (Lipinski definition) is 2. The summed E-state index contributed by atoms with van der Waals surface area (Å²) in [7, 11) is 0. The van der Waals surface area contributed by atoms with Crippen molar-refractivity contribution < 1.29 is 23.8 Å². The van der Waals surface area contributed by atoms with Crippen LogP contribution in [-0.4, -0.2) is 37.2 Å². The smallest absolute Gasteiger partial charge is 0.344 e. The average Bonchev–Trinajstić information content (AvgIpc) is 3.12. The summed E-state index contributed by atoms with van der Waals surface area (Å²) in [5.41, 5.74) is 2.76. The SMILES string of the molecule is CCOC(=O)COc1c(I)cc(/C=C2\S[C@H](Nc3ccc(CC)cc3)NC2=O)cc1OCC. The molecule has 2 aromatic rings. The highest BCUT2D eigenvalue weighted by Gasteiger charge is 2.27. The lowest BCUT2D eigenvalue weighted by atomic mass is 10.1. The van der Waals surface area contributed by atoms with Gasteiger partial charge < -0.3 is 24.8 Å². The van der Waals surface area contributed by atoms with Crippen molar-refractivity contribution in [2.24, 2.45) is 0 Å². The van der Waals surface area contributed by atoms with Gasteiger partial charge in [-0.2, -0.15) is 0 Å². The predicted molar refractivity (Wildman–Crippen MR) is 139 cm³/mol. The molecule has 1 fully saturated rings. The van der Waals surface area contributed by atoms with Gasteiger partial charge in [-0.25, -0.2) is 4.79 Å². The first-order valence-corrected chi connectivity index (χ1v) is 12.7. The van der Waals surface area contributed by atoms with E-state index in [0.29, 0.717) is 29.6 Å².